The van der Waals surface area contributed by atoms with E-state index >= 15 is 0 Å². The summed E-state index contributed by atoms with van der Waals surface area (Å²) in [7, 11) is -0.327. The lowest BCUT2D eigenvalue weighted by molar-refractivity contribution is 0.297. The summed E-state index contributed by atoms with van der Waals surface area (Å²) in [6.07, 6.45) is 1.28. The van der Waals surface area contributed by atoms with Gasteiger partial charge in [-0.1, -0.05) is 60.7 Å². The Labute approximate surface area is 230 Å². The predicted molar refractivity (Wildman–Crippen MR) is 155 cm³/mol. The van der Waals surface area contributed by atoms with Gasteiger partial charge in [0.05, 0.1) is 12.8 Å². The zero-order valence-electron chi connectivity index (χ0n) is 22.4. The second-order valence-corrected chi connectivity index (χ2v) is 11.7. The third-order valence-corrected chi connectivity index (χ3v) is 8.86. The maximum absolute atomic E-state index is 13.2. The van der Waals surface area contributed by atoms with Crippen molar-refractivity contribution in [1.82, 2.24) is 23.9 Å². The maximum atomic E-state index is 13.2. The van der Waals surface area contributed by atoms with E-state index < -0.39 is 10.2 Å². The van der Waals surface area contributed by atoms with E-state index in [0.717, 1.165) is 60.1 Å². The van der Waals surface area contributed by atoms with Gasteiger partial charge in [0.2, 0.25) is 0 Å². The van der Waals surface area contributed by atoms with E-state index in [4.69, 9.17) is 9.72 Å². The van der Waals surface area contributed by atoms with Gasteiger partial charge in [0.15, 0.2) is 0 Å². The lowest BCUT2D eigenvalue weighted by atomic mass is 10.1. The molecule has 1 aliphatic heterocycles. The third kappa shape index (κ3) is 6.57. The molecule has 3 aromatic carbocycles. The standard InChI is InChI=1S/C30H35N5O3S/c1-34(26-18-20-35(22-26)21-23-9-5-3-6-10-23)39(36,37)31-19-17-28-29(24-13-15-27(38-2)16-14-24)33-30(32-28)25-11-7-4-8-12-25/h3-16,26,31H,17-22H2,1-2H3,(H,32,33)/t26-/m0/s1. The molecule has 0 amide bonds. The van der Waals surface area contributed by atoms with Crippen molar-refractivity contribution in [3.8, 4) is 28.4 Å². The van der Waals surface area contributed by atoms with Gasteiger partial charge >= 0.3 is 0 Å². The number of aromatic amines is 1. The van der Waals surface area contributed by atoms with E-state index in [1.807, 2.05) is 72.8 Å². The zero-order valence-corrected chi connectivity index (χ0v) is 23.2. The summed E-state index contributed by atoms with van der Waals surface area (Å²) < 4.78 is 36.0. The van der Waals surface area contributed by atoms with Crippen LogP contribution in [0.3, 0.4) is 0 Å². The molecule has 204 valence electrons. The number of methoxy groups -OCH3 is 1. The second-order valence-electron chi connectivity index (χ2n) is 9.84. The first-order valence-electron chi connectivity index (χ1n) is 13.2. The van der Waals surface area contributed by atoms with Crippen molar-refractivity contribution < 1.29 is 13.2 Å². The number of likely N-dealkylation sites (N-methyl/N-ethyl adjacent to an activating group) is 1. The Morgan fingerprint density at radius 3 is 2.38 bits per heavy atom. The minimum atomic E-state index is -3.64. The Kier molecular flexibility index (Phi) is 8.42. The van der Waals surface area contributed by atoms with Gasteiger partial charge in [-0.15, -0.1) is 0 Å². The first-order valence-corrected chi connectivity index (χ1v) is 14.6. The smallest absolute Gasteiger partial charge is 0.279 e. The number of imidazole rings is 1. The number of nitrogens with zero attached hydrogens (tertiary/aromatic N) is 3. The van der Waals surface area contributed by atoms with Crippen molar-refractivity contribution in [3.63, 3.8) is 0 Å². The minimum Gasteiger partial charge on any atom is -0.497 e. The van der Waals surface area contributed by atoms with E-state index in [1.165, 1.54) is 9.87 Å². The SMILES string of the molecule is COc1ccc(-c2nc(-c3ccccc3)[nH]c2CCNS(=O)(=O)N(C)[C@H]2CCN(Cc3ccccc3)C2)cc1. The summed E-state index contributed by atoms with van der Waals surface area (Å²) in [6, 6.07) is 27.9. The van der Waals surface area contributed by atoms with Crippen molar-refractivity contribution in [2.45, 2.75) is 25.4 Å². The molecule has 0 unspecified atom stereocenters. The predicted octanol–water partition coefficient (Wildman–Crippen LogP) is 4.34. The molecule has 2 N–H and O–H groups in total. The van der Waals surface area contributed by atoms with Crippen molar-refractivity contribution in [2.24, 2.45) is 0 Å². The number of likely N-dealkylation sites (tertiary alicyclic amines) is 1. The fourth-order valence-electron chi connectivity index (χ4n) is 5.01. The quantitative estimate of drug-likeness (QED) is 0.293. The number of nitrogens with one attached hydrogen (secondary N) is 2. The number of hydrogen-bond donors (Lipinski definition) is 2. The highest BCUT2D eigenvalue weighted by atomic mass is 32.2. The molecular weight excluding hydrogens is 510 g/mol. The number of rotatable bonds is 11. The Morgan fingerprint density at radius 2 is 1.69 bits per heavy atom. The molecule has 0 aliphatic carbocycles. The molecule has 1 atom stereocenters. The minimum absolute atomic E-state index is 0.0575. The summed E-state index contributed by atoms with van der Waals surface area (Å²) in [5, 5.41) is 0. The molecule has 0 saturated carbocycles. The van der Waals surface area contributed by atoms with Crippen LogP contribution in [-0.4, -0.2) is 67.4 Å². The molecule has 1 aliphatic rings. The van der Waals surface area contributed by atoms with Gasteiger partial charge in [0, 0.05) is 62.5 Å². The summed E-state index contributed by atoms with van der Waals surface area (Å²) in [5.74, 6) is 1.52. The highest BCUT2D eigenvalue weighted by Crippen LogP contribution is 2.28. The van der Waals surface area contributed by atoms with Crippen LogP contribution in [0.5, 0.6) is 5.75 Å². The van der Waals surface area contributed by atoms with Gasteiger partial charge in [-0.3, -0.25) is 4.90 Å². The van der Waals surface area contributed by atoms with Crippen molar-refractivity contribution in [1.29, 1.82) is 0 Å². The second kappa shape index (κ2) is 12.1. The molecule has 0 spiro atoms. The average Bonchev–Trinajstić information content (AvgIpc) is 3.61. The topological polar surface area (TPSA) is 90.6 Å². The van der Waals surface area contributed by atoms with Crippen LogP contribution in [0.2, 0.25) is 0 Å². The van der Waals surface area contributed by atoms with Crippen molar-refractivity contribution in [3.05, 3.63) is 96.2 Å². The largest absolute Gasteiger partial charge is 0.497 e. The molecule has 5 rings (SSSR count). The Bertz CT molecular complexity index is 1460. The maximum Gasteiger partial charge on any atom is 0.279 e. The van der Waals surface area contributed by atoms with Gasteiger partial charge in [-0.2, -0.15) is 12.7 Å². The molecule has 1 saturated heterocycles. The van der Waals surface area contributed by atoms with Crippen LogP contribution in [0.15, 0.2) is 84.9 Å². The normalized spacial score (nSPS) is 16.1. The summed E-state index contributed by atoms with van der Waals surface area (Å²) in [6.45, 7) is 2.68. The molecule has 9 heteroatoms. The third-order valence-electron chi connectivity index (χ3n) is 7.24. The van der Waals surface area contributed by atoms with Gasteiger partial charge in [0.1, 0.15) is 11.6 Å². The molecule has 2 heterocycles. The van der Waals surface area contributed by atoms with Crippen LogP contribution in [-0.2, 0) is 23.2 Å². The first-order chi connectivity index (χ1) is 18.9. The van der Waals surface area contributed by atoms with Crippen LogP contribution >= 0.6 is 0 Å². The molecule has 0 bridgehead atoms. The fraction of sp³-hybridized carbons (Fsp3) is 0.300. The Hall–Kier alpha value is -3.50. The molecule has 0 radical (unpaired) electrons. The van der Waals surface area contributed by atoms with E-state index in [1.54, 1.807) is 14.2 Å². The van der Waals surface area contributed by atoms with E-state index in [0.29, 0.717) is 6.42 Å². The Morgan fingerprint density at radius 1 is 1.00 bits per heavy atom. The number of benzene rings is 3. The Balaban J connectivity index is 1.25. The fourth-order valence-corrected chi connectivity index (χ4v) is 6.14. The number of H-pyrrole nitrogens is 1. The van der Waals surface area contributed by atoms with Crippen LogP contribution in [0.4, 0.5) is 0 Å². The summed E-state index contributed by atoms with van der Waals surface area (Å²) in [4.78, 5) is 10.6. The average molecular weight is 546 g/mol. The summed E-state index contributed by atoms with van der Waals surface area (Å²) >= 11 is 0. The molecule has 1 fully saturated rings. The van der Waals surface area contributed by atoms with Gasteiger partial charge in [-0.25, -0.2) is 9.71 Å². The van der Waals surface area contributed by atoms with Crippen LogP contribution in [0, 0.1) is 0 Å². The lowest BCUT2D eigenvalue weighted by Crippen LogP contribution is -2.45. The van der Waals surface area contributed by atoms with Gasteiger partial charge in [0.25, 0.3) is 10.2 Å². The highest BCUT2D eigenvalue weighted by Gasteiger charge is 2.32. The molecule has 8 nitrogen and oxygen atoms in total. The molecular formula is C30H35N5O3S. The van der Waals surface area contributed by atoms with Gasteiger partial charge < -0.3 is 9.72 Å². The highest BCUT2D eigenvalue weighted by molar-refractivity contribution is 7.87. The summed E-state index contributed by atoms with van der Waals surface area (Å²) in [5.41, 5.74) is 4.83. The van der Waals surface area contributed by atoms with E-state index in [2.05, 4.69) is 26.7 Å². The number of aromatic nitrogens is 2. The monoisotopic (exact) mass is 545 g/mol. The van der Waals surface area contributed by atoms with E-state index in [-0.39, 0.29) is 12.6 Å². The van der Waals surface area contributed by atoms with Crippen LogP contribution in [0.25, 0.3) is 22.6 Å². The van der Waals surface area contributed by atoms with Crippen molar-refractivity contribution in [2.75, 3.05) is 33.8 Å². The van der Waals surface area contributed by atoms with Gasteiger partial charge in [-0.05, 0) is 36.2 Å². The van der Waals surface area contributed by atoms with Crippen molar-refractivity contribution >= 4 is 10.2 Å². The number of ether oxygens (including phenoxy) is 1. The molecule has 4 aromatic rings. The zero-order chi connectivity index (χ0) is 27.2. The molecule has 1 aromatic heterocycles. The van der Waals surface area contributed by atoms with Crippen LogP contribution < -0.4 is 9.46 Å². The van der Waals surface area contributed by atoms with E-state index in [9.17, 15) is 8.42 Å². The molecule has 39 heavy (non-hydrogen) atoms. The lowest BCUT2D eigenvalue weighted by Gasteiger charge is -2.24. The first kappa shape index (κ1) is 27.1. The van der Waals surface area contributed by atoms with Crippen LogP contribution in [0.1, 0.15) is 17.7 Å². The number of hydrogen-bond acceptors (Lipinski definition) is 5.